The molecule has 124 valence electrons. The number of benzene rings is 2. The zero-order valence-corrected chi connectivity index (χ0v) is 13.4. The number of carbonyl (C=O) groups excluding carboxylic acids is 1. The Hall–Kier alpha value is -3.07. The lowest BCUT2D eigenvalue weighted by Gasteiger charge is -2.10. The van der Waals surface area contributed by atoms with Crippen molar-refractivity contribution in [3.8, 4) is 0 Å². The topological polar surface area (TPSA) is 124 Å². The molecule has 0 aliphatic rings. The van der Waals surface area contributed by atoms with E-state index in [0.29, 0.717) is 22.4 Å². The number of hydrogen-bond donors (Lipinski definition) is 4. The van der Waals surface area contributed by atoms with Crippen molar-refractivity contribution in [2.45, 2.75) is 11.8 Å². The normalized spacial score (nSPS) is 11.4. The number of amides is 1. The maximum Gasteiger partial charge on any atom is 0.323 e. The van der Waals surface area contributed by atoms with Crippen LogP contribution >= 0.6 is 0 Å². The molecule has 4 N–H and O–H groups in total. The van der Waals surface area contributed by atoms with E-state index < -0.39 is 15.7 Å². The van der Waals surface area contributed by atoms with Crippen LogP contribution in [0.5, 0.6) is 0 Å². The van der Waals surface area contributed by atoms with Crippen LogP contribution < -0.4 is 15.7 Å². The molecule has 1 heterocycles. The van der Waals surface area contributed by atoms with E-state index in [0.717, 1.165) is 0 Å². The largest absolute Gasteiger partial charge is 0.326 e. The van der Waals surface area contributed by atoms with Gasteiger partial charge in [0.05, 0.1) is 21.6 Å². The molecule has 2 aromatic carbocycles. The Balaban J connectivity index is 1.92. The average molecular weight is 346 g/mol. The Kier molecular flexibility index (Phi) is 3.86. The molecule has 0 fully saturated rings. The van der Waals surface area contributed by atoms with Gasteiger partial charge in [-0.05, 0) is 36.4 Å². The average Bonchev–Trinajstić information content (AvgIpc) is 2.85. The molecule has 9 heteroatoms. The van der Waals surface area contributed by atoms with E-state index in [4.69, 9.17) is 0 Å². The van der Waals surface area contributed by atoms with Crippen LogP contribution in [0.25, 0.3) is 11.0 Å². The van der Waals surface area contributed by atoms with Crippen molar-refractivity contribution in [3.63, 3.8) is 0 Å². The van der Waals surface area contributed by atoms with Crippen LogP contribution in [0.3, 0.4) is 0 Å². The third kappa shape index (κ3) is 3.30. The predicted octanol–water partition coefficient (Wildman–Crippen LogP) is 1.62. The fourth-order valence-corrected chi connectivity index (χ4v) is 3.33. The van der Waals surface area contributed by atoms with Gasteiger partial charge in [0.2, 0.25) is 5.91 Å². The minimum absolute atomic E-state index is 0.00943. The van der Waals surface area contributed by atoms with Crippen molar-refractivity contribution >= 4 is 38.3 Å². The van der Waals surface area contributed by atoms with Gasteiger partial charge in [-0.25, -0.2) is 13.2 Å². The highest BCUT2D eigenvalue weighted by molar-refractivity contribution is 7.92. The highest BCUT2D eigenvalue weighted by Gasteiger charge is 2.15. The Morgan fingerprint density at radius 1 is 1.00 bits per heavy atom. The molecule has 3 aromatic rings. The second-order valence-electron chi connectivity index (χ2n) is 5.15. The van der Waals surface area contributed by atoms with Crippen molar-refractivity contribution < 1.29 is 13.2 Å². The molecule has 0 saturated carbocycles. The summed E-state index contributed by atoms with van der Waals surface area (Å²) in [7, 11) is -3.84. The number of carbonyl (C=O) groups is 1. The fraction of sp³-hybridized carbons (Fsp3) is 0.0667. The van der Waals surface area contributed by atoms with Crippen molar-refractivity contribution in [1.29, 1.82) is 0 Å². The van der Waals surface area contributed by atoms with Gasteiger partial charge in [-0.2, -0.15) is 0 Å². The van der Waals surface area contributed by atoms with Crippen LogP contribution in [0.4, 0.5) is 11.4 Å². The summed E-state index contributed by atoms with van der Waals surface area (Å²) in [6.07, 6.45) is 0. The van der Waals surface area contributed by atoms with Crippen LogP contribution in [0, 0.1) is 0 Å². The highest BCUT2D eigenvalue weighted by atomic mass is 32.2. The van der Waals surface area contributed by atoms with E-state index >= 15 is 0 Å². The molecule has 0 aliphatic heterocycles. The van der Waals surface area contributed by atoms with E-state index in [1.807, 2.05) is 0 Å². The van der Waals surface area contributed by atoms with Crippen molar-refractivity contribution in [3.05, 3.63) is 52.9 Å². The molecule has 0 spiro atoms. The first-order chi connectivity index (χ1) is 11.3. The predicted molar refractivity (Wildman–Crippen MR) is 90.5 cm³/mol. The second kappa shape index (κ2) is 5.85. The van der Waals surface area contributed by atoms with Gasteiger partial charge in [-0.1, -0.05) is 6.07 Å². The standard InChI is InChI=1S/C15H14N4O4S/c1-9(20)16-10-3-2-4-11(7-10)19-24(22,23)12-5-6-13-14(8-12)18-15(21)17-13/h2-8,19H,1H3,(H,16,20)(H2,17,18,21). The number of aromatic amines is 2. The van der Waals surface area contributed by atoms with Gasteiger partial charge in [0.1, 0.15) is 0 Å². The number of fused-ring (bicyclic) bond motifs is 1. The maximum absolute atomic E-state index is 12.5. The van der Waals surface area contributed by atoms with Crippen molar-refractivity contribution in [2.24, 2.45) is 0 Å². The Bertz CT molecular complexity index is 1080. The van der Waals surface area contributed by atoms with Gasteiger partial charge < -0.3 is 15.3 Å². The van der Waals surface area contributed by atoms with Crippen LogP contribution in [0.15, 0.2) is 52.2 Å². The van der Waals surface area contributed by atoms with Crippen LogP contribution in [0.2, 0.25) is 0 Å². The number of rotatable bonds is 4. The van der Waals surface area contributed by atoms with E-state index in [1.54, 1.807) is 18.2 Å². The molecule has 3 rings (SSSR count). The summed E-state index contributed by atoms with van der Waals surface area (Å²) in [5, 5.41) is 2.58. The number of aromatic nitrogens is 2. The number of nitrogens with one attached hydrogen (secondary N) is 4. The lowest BCUT2D eigenvalue weighted by molar-refractivity contribution is -0.114. The lowest BCUT2D eigenvalue weighted by atomic mass is 10.3. The highest BCUT2D eigenvalue weighted by Crippen LogP contribution is 2.21. The number of hydrogen-bond acceptors (Lipinski definition) is 4. The molecule has 0 unspecified atom stereocenters. The lowest BCUT2D eigenvalue weighted by Crippen LogP contribution is -2.13. The Labute approximate surface area is 137 Å². The number of imidazole rings is 1. The molecule has 0 saturated heterocycles. The van der Waals surface area contributed by atoms with Crippen LogP contribution in [0.1, 0.15) is 6.92 Å². The summed E-state index contributed by atoms with van der Waals surface area (Å²) < 4.78 is 27.4. The fourth-order valence-electron chi connectivity index (χ4n) is 2.26. The first-order valence-electron chi connectivity index (χ1n) is 6.96. The second-order valence-corrected chi connectivity index (χ2v) is 6.84. The number of H-pyrrole nitrogens is 2. The monoisotopic (exact) mass is 346 g/mol. The van der Waals surface area contributed by atoms with Crippen molar-refractivity contribution in [1.82, 2.24) is 9.97 Å². The maximum atomic E-state index is 12.5. The van der Waals surface area contributed by atoms with Gasteiger partial charge in [-0.3, -0.25) is 9.52 Å². The number of anilines is 2. The Morgan fingerprint density at radius 2 is 1.71 bits per heavy atom. The van der Waals surface area contributed by atoms with Gasteiger partial charge in [0, 0.05) is 12.6 Å². The molecule has 0 atom stereocenters. The first-order valence-corrected chi connectivity index (χ1v) is 8.44. The minimum Gasteiger partial charge on any atom is -0.326 e. The SMILES string of the molecule is CC(=O)Nc1cccc(NS(=O)(=O)c2ccc3[nH]c(=O)[nH]c3c2)c1. The third-order valence-electron chi connectivity index (χ3n) is 3.23. The summed E-state index contributed by atoms with van der Waals surface area (Å²) >= 11 is 0. The summed E-state index contributed by atoms with van der Waals surface area (Å²) in [6.45, 7) is 1.36. The third-order valence-corrected chi connectivity index (χ3v) is 4.61. The summed E-state index contributed by atoms with van der Waals surface area (Å²) in [4.78, 5) is 27.4. The number of sulfonamides is 1. The summed E-state index contributed by atoms with van der Waals surface area (Å²) in [5.41, 5.74) is 1.30. The van der Waals surface area contributed by atoms with Crippen molar-refractivity contribution in [2.75, 3.05) is 10.0 Å². The zero-order chi connectivity index (χ0) is 17.3. The van der Waals surface area contributed by atoms with Gasteiger partial charge in [0.15, 0.2) is 0 Å². The molecule has 1 aromatic heterocycles. The van der Waals surface area contributed by atoms with E-state index in [-0.39, 0.29) is 10.8 Å². The molecular weight excluding hydrogens is 332 g/mol. The summed E-state index contributed by atoms with van der Waals surface area (Å²) in [5.74, 6) is -0.253. The quantitative estimate of drug-likeness (QED) is 0.573. The molecular formula is C15H14N4O4S. The molecule has 8 nitrogen and oxygen atoms in total. The molecule has 24 heavy (non-hydrogen) atoms. The van der Waals surface area contributed by atoms with Gasteiger partial charge >= 0.3 is 5.69 Å². The zero-order valence-electron chi connectivity index (χ0n) is 12.6. The van der Waals surface area contributed by atoms with Crippen LogP contribution in [-0.2, 0) is 14.8 Å². The molecule has 1 amide bonds. The van der Waals surface area contributed by atoms with Gasteiger partial charge in [0.25, 0.3) is 10.0 Å². The summed E-state index contributed by atoms with van der Waals surface area (Å²) in [6, 6.07) is 10.6. The van der Waals surface area contributed by atoms with Crippen LogP contribution in [-0.4, -0.2) is 24.3 Å². The van der Waals surface area contributed by atoms with Gasteiger partial charge in [-0.15, -0.1) is 0 Å². The van der Waals surface area contributed by atoms with E-state index in [1.165, 1.54) is 31.2 Å². The van der Waals surface area contributed by atoms with E-state index in [9.17, 15) is 18.0 Å². The molecule has 0 aliphatic carbocycles. The minimum atomic E-state index is -3.84. The molecule has 0 radical (unpaired) electrons. The Morgan fingerprint density at radius 3 is 2.46 bits per heavy atom. The smallest absolute Gasteiger partial charge is 0.323 e. The first kappa shape index (κ1) is 15.8. The van der Waals surface area contributed by atoms with E-state index in [2.05, 4.69) is 20.0 Å². The molecule has 0 bridgehead atoms.